The maximum atomic E-state index is 12.3. The van der Waals surface area contributed by atoms with E-state index in [1.165, 1.54) is 17.3 Å². The third kappa shape index (κ3) is 6.38. The van der Waals surface area contributed by atoms with Crippen molar-refractivity contribution in [3.63, 3.8) is 0 Å². The Morgan fingerprint density at radius 1 is 1.13 bits per heavy atom. The quantitative estimate of drug-likeness (QED) is 0.379. The summed E-state index contributed by atoms with van der Waals surface area (Å²) in [5.41, 5.74) is 1.86. The highest BCUT2D eigenvalue weighted by Gasteiger charge is 2.14. The van der Waals surface area contributed by atoms with E-state index in [1.54, 1.807) is 18.2 Å². The topological polar surface area (TPSA) is 69.0 Å². The van der Waals surface area contributed by atoms with E-state index >= 15 is 0 Å². The second-order valence-corrected chi connectivity index (χ2v) is 8.88. The second kappa shape index (κ2) is 10.9. The summed E-state index contributed by atoms with van der Waals surface area (Å²) in [5.74, 6) is 1.99. The Bertz CT molecular complexity index is 1040. The molecule has 164 valence electrons. The molecule has 0 aliphatic carbocycles. The molecule has 0 radical (unpaired) electrons. The van der Waals surface area contributed by atoms with E-state index in [2.05, 4.69) is 41.5 Å². The first kappa shape index (κ1) is 23.4. The molecule has 1 N–H and O–H groups in total. The molecule has 0 aliphatic heterocycles. The largest absolute Gasteiger partial charge is 0.486 e. The zero-order chi connectivity index (χ0) is 22.4. The summed E-state index contributed by atoms with van der Waals surface area (Å²) in [6.07, 6.45) is 0. The predicted octanol–water partition coefficient (Wildman–Crippen LogP) is 6.04. The van der Waals surface area contributed by atoms with Crippen molar-refractivity contribution in [2.75, 3.05) is 11.1 Å². The minimum absolute atomic E-state index is 0.169. The summed E-state index contributed by atoms with van der Waals surface area (Å²) >= 11 is 13.2. The normalized spacial score (nSPS) is 11.0. The molecule has 2 aromatic carbocycles. The van der Waals surface area contributed by atoms with Crippen LogP contribution in [0.25, 0.3) is 0 Å². The lowest BCUT2D eigenvalue weighted by molar-refractivity contribution is -0.113. The molecule has 0 saturated heterocycles. The van der Waals surface area contributed by atoms with Gasteiger partial charge in [0.25, 0.3) is 0 Å². The zero-order valence-corrected chi connectivity index (χ0v) is 19.9. The number of amides is 1. The van der Waals surface area contributed by atoms with Gasteiger partial charge in [-0.15, -0.1) is 10.2 Å². The van der Waals surface area contributed by atoms with Gasteiger partial charge in [0.1, 0.15) is 12.4 Å². The van der Waals surface area contributed by atoms with E-state index in [0.717, 1.165) is 5.75 Å². The van der Waals surface area contributed by atoms with Gasteiger partial charge in [0.05, 0.1) is 15.8 Å². The van der Waals surface area contributed by atoms with Crippen LogP contribution in [-0.2, 0) is 17.9 Å². The molecule has 1 amide bonds. The number of aromatic nitrogens is 3. The third-order valence-electron chi connectivity index (χ3n) is 4.56. The Morgan fingerprint density at radius 2 is 1.87 bits per heavy atom. The number of carbonyl (C=O) groups excluding carboxylic acids is 1. The molecule has 9 heteroatoms. The van der Waals surface area contributed by atoms with E-state index in [1.807, 2.05) is 23.6 Å². The number of halogens is 2. The number of carbonyl (C=O) groups is 1. The first-order chi connectivity index (χ1) is 14.9. The lowest BCUT2D eigenvalue weighted by atomic mass is 10.0. The molecule has 0 bridgehead atoms. The van der Waals surface area contributed by atoms with Gasteiger partial charge in [0.2, 0.25) is 5.91 Å². The van der Waals surface area contributed by atoms with E-state index in [4.69, 9.17) is 27.9 Å². The molecule has 0 aliphatic rings. The van der Waals surface area contributed by atoms with Crippen molar-refractivity contribution < 1.29 is 9.53 Å². The first-order valence-electron chi connectivity index (χ1n) is 9.90. The average Bonchev–Trinajstić information content (AvgIpc) is 3.15. The van der Waals surface area contributed by atoms with Crippen molar-refractivity contribution in [2.45, 2.75) is 45.0 Å². The molecule has 0 unspecified atom stereocenters. The van der Waals surface area contributed by atoms with Gasteiger partial charge in [-0.3, -0.25) is 4.79 Å². The molecule has 0 spiro atoms. The molecule has 0 fully saturated rings. The van der Waals surface area contributed by atoms with E-state index in [9.17, 15) is 4.79 Å². The molecule has 1 heterocycles. The van der Waals surface area contributed by atoms with Crippen molar-refractivity contribution in [3.05, 3.63) is 63.9 Å². The number of hydrogen-bond donors (Lipinski definition) is 1. The Labute approximate surface area is 196 Å². The van der Waals surface area contributed by atoms with Crippen LogP contribution in [0.2, 0.25) is 10.0 Å². The van der Waals surface area contributed by atoms with Crippen molar-refractivity contribution in [1.82, 2.24) is 14.8 Å². The van der Waals surface area contributed by atoms with E-state index < -0.39 is 0 Å². The molecule has 1 aromatic heterocycles. The number of anilines is 1. The van der Waals surface area contributed by atoms with Crippen LogP contribution in [0.4, 0.5) is 5.69 Å². The van der Waals surface area contributed by atoms with Crippen LogP contribution in [0.15, 0.2) is 47.6 Å². The Hall–Kier alpha value is -2.22. The van der Waals surface area contributed by atoms with Crippen molar-refractivity contribution >= 4 is 46.6 Å². The molecule has 31 heavy (non-hydrogen) atoms. The fourth-order valence-electron chi connectivity index (χ4n) is 2.85. The summed E-state index contributed by atoms with van der Waals surface area (Å²) in [6.45, 7) is 7.30. The van der Waals surface area contributed by atoms with Gasteiger partial charge in [0, 0.05) is 12.2 Å². The first-order valence-corrected chi connectivity index (χ1v) is 11.6. The van der Waals surface area contributed by atoms with Crippen LogP contribution in [0.3, 0.4) is 0 Å². The van der Waals surface area contributed by atoms with E-state index in [0.29, 0.717) is 45.8 Å². The summed E-state index contributed by atoms with van der Waals surface area (Å²) in [7, 11) is 0. The Balaban J connectivity index is 1.56. The highest BCUT2D eigenvalue weighted by Crippen LogP contribution is 2.25. The van der Waals surface area contributed by atoms with Crippen molar-refractivity contribution in [2.24, 2.45) is 0 Å². The van der Waals surface area contributed by atoms with E-state index in [-0.39, 0.29) is 11.7 Å². The molecular formula is C22H24Cl2N4O2S. The van der Waals surface area contributed by atoms with Crippen molar-refractivity contribution in [1.29, 1.82) is 0 Å². The molecule has 3 aromatic rings. The predicted molar refractivity (Wildman–Crippen MR) is 126 cm³/mol. The van der Waals surface area contributed by atoms with Gasteiger partial charge in [-0.05, 0) is 48.7 Å². The fraction of sp³-hybridized carbons (Fsp3) is 0.318. The summed E-state index contributed by atoms with van der Waals surface area (Å²) in [4.78, 5) is 12.3. The molecule has 0 saturated carbocycles. The smallest absolute Gasteiger partial charge is 0.234 e. The summed E-state index contributed by atoms with van der Waals surface area (Å²) in [5, 5.41) is 12.7. The lowest BCUT2D eigenvalue weighted by Crippen LogP contribution is -2.15. The van der Waals surface area contributed by atoms with Gasteiger partial charge in [-0.25, -0.2) is 0 Å². The number of rotatable bonds is 9. The fourth-order valence-corrected chi connectivity index (χ4v) is 3.97. The molecule has 6 nitrogen and oxygen atoms in total. The van der Waals surface area contributed by atoms with Gasteiger partial charge in [0.15, 0.2) is 11.0 Å². The van der Waals surface area contributed by atoms with Crippen LogP contribution in [-0.4, -0.2) is 26.4 Å². The molecule has 0 atom stereocenters. The van der Waals surface area contributed by atoms with Crippen molar-refractivity contribution in [3.8, 4) is 5.75 Å². The van der Waals surface area contributed by atoms with Gasteiger partial charge in [-0.2, -0.15) is 0 Å². The Kier molecular flexibility index (Phi) is 8.23. The maximum Gasteiger partial charge on any atom is 0.234 e. The van der Waals surface area contributed by atoms with Crippen LogP contribution < -0.4 is 10.1 Å². The van der Waals surface area contributed by atoms with Gasteiger partial charge < -0.3 is 14.6 Å². The number of nitrogens with zero attached hydrogens (tertiary/aromatic N) is 3. The minimum atomic E-state index is -0.169. The maximum absolute atomic E-state index is 12.3. The summed E-state index contributed by atoms with van der Waals surface area (Å²) in [6, 6.07) is 13.0. The second-order valence-electron chi connectivity index (χ2n) is 7.12. The van der Waals surface area contributed by atoms with Crippen LogP contribution in [0.5, 0.6) is 5.75 Å². The molecular weight excluding hydrogens is 455 g/mol. The SMILES string of the molecule is CCn1c(COc2ccc(C(C)C)cc2)nnc1SCC(=O)Nc1ccc(Cl)c(Cl)c1. The minimum Gasteiger partial charge on any atom is -0.486 e. The lowest BCUT2D eigenvalue weighted by Gasteiger charge is -2.10. The van der Waals surface area contributed by atoms with Crippen LogP contribution >= 0.6 is 35.0 Å². The number of nitrogens with one attached hydrogen (secondary N) is 1. The summed E-state index contributed by atoms with van der Waals surface area (Å²) < 4.78 is 7.82. The number of hydrogen-bond acceptors (Lipinski definition) is 5. The monoisotopic (exact) mass is 478 g/mol. The number of benzene rings is 2. The zero-order valence-electron chi connectivity index (χ0n) is 17.6. The number of thioether (sulfide) groups is 1. The van der Waals surface area contributed by atoms with Crippen LogP contribution in [0.1, 0.15) is 38.1 Å². The third-order valence-corrected chi connectivity index (χ3v) is 6.27. The van der Waals surface area contributed by atoms with Gasteiger partial charge >= 0.3 is 0 Å². The Morgan fingerprint density at radius 3 is 2.52 bits per heavy atom. The van der Waals surface area contributed by atoms with Gasteiger partial charge in [-0.1, -0.05) is 60.9 Å². The standard InChI is InChI=1S/C22H24Cl2N4O2S/c1-4-28-20(12-30-17-8-5-15(6-9-17)14(2)3)26-27-22(28)31-13-21(29)25-16-7-10-18(23)19(24)11-16/h5-11,14H,4,12-13H2,1-3H3,(H,25,29). The average molecular weight is 479 g/mol. The highest BCUT2D eigenvalue weighted by atomic mass is 35.5. The molecule has 3 rings (SSSR count). The highest BCUT2D eigenvalue weighted by molar-refractivity contribution is 7.99. The number of ether oxygens (including phenoxy) is 1. The van der Waals surface area contributed by atoms with Crippen LogP contribution in [0, 0.1) is 0 Å².